The van der Waals surface area contributed by atoms with E-state index in [1.54, 1.807) is 37.2 Å². The van der Waals surface area contributed by atoms with Crippen LogP contribution in [0.25, 0.3) is 0 Å². The third kappa shape index (κ3) is 3.38. The molecule has 1 unspecified atom stereocenters. The standard InChI is InChI=1S/C13H17BrN4O2S/c1-19-10-7-11(20-2)17-18(16-10)13(21-3)8-5-4-6-9(14)12(8)15/h4-7,13,16H,15H2,1-3H3. The molecule has 1 aliphatic heterocycles. The number of halogens is 1. The molecule has 0 saturated heterocycles. The summed E-state index contributed by atoms with van der Waals surface area (Å²) in [5.41, 5.74) is 10.9. The van der Waals surface area contributed by atoms with Crippen LogP contribution in [0.15, 0.2) is 39.7 Å². The number of methoxy groups -OCH3 is 2. The van der Waals surface area contributed by atoms with E-state index >= 15 is 0 Å². The molecule has 21 heavy (non-hydrogen) atoms. The molecule has 3 N–H and O–H groups in total. The van der Waals surface area contributed by atoms with Crippen molar-refractivity contribution in [2.24, 2.45) is 5.10 Å². The lowest BCUT2D eigenvalue weighted by Gasteiger charge is -2.32. The molecule has 1 aromatic carbocycles. The SMILES string of the molecule is COC1=CC(OC)=NN(C(SC)c2cccc(Br)c2N)N1. The number of benzene rings is 1. The summed E-state index contributed by atoms with van der Waals surface area (Å²) in [4.78, 5) is 0. The van der Waals surface area contributed by atoms with Crippen LogP contribution in [0.2, 0.25) is 0 Å². The number of thioether (sulfide) groups is 1. The second-order valence-corrected chi connectivity index (χ2v) is 5.91. The summed E-state index contributed by atoms with van der Waals surface area (Å²) in [6.07, 6.45) is 3.66. The number of rotatable bonds is 4. The fourth-order valence-electron chi connectivity index (χ4n) is 1.86. The van der Waals surface area contributed by atoms with Gasteiger partial charge in [-0.2, -0.15) is 5.12 Å². The second kappa shape index (κ2) is 6.95. The van der Waals surface area contributed by atoms with E-state index in [-0.39, 0.29) is 5.37 Å². The third-order valence-corrected chi connectivity index (χ3v) is 4.50. The van der Waals surface area contributed by atoms with Crippen LogP contribution in [0.4, 0.5) is 5.69 Å². The lowest BCUT2D eigenvalue weighted by Crippen LogP contribution is -2.39. The molecule has 0 spiro atoms. The highest BCUT2D eigenvalue weighted by Gasteiger charge is 2.25. The number of anilines is 1. The maximum Gasteiger partial charge on any atom is 0.238 e. The summed E-state index contributed by atoms with van der Waals surface area (Å²) >= 11 is 5.04. The van der Waals surface area contributed by atoms with E-state index < -0.39 is 0 Å². The molecule has 0 amide bonds. The highest BCUT2D eigenvalue weighted by Crippen LogP contribution is 2.37. The minimum Gasteiger partial charge on any atom is -0.481 e. The Labute approximate surface area is 136 Å². The number of nitrogens with zero attached hydrogens (tertiary/aromatic N) is 2. The van der Waals surface area contributed by atoms with Crippen molar-refractivity contribution < 1.29 is 9.47 Å². The predicted octanol–water partition coefficient (Wildman–Crippen LogP) is 2.66. The normalized spacial score (nSPS) is 15.7. The smallest absolute Gasteiger partial charge is 0.238 e. The third-order valence-electron chi connectivity index (χ3n) is 2.91. The number of hydrazine groups is 1. The summed E-state index contributed by atoms with van der Waals surface area (Å²) in [6.45, 7) is 0. The molecule has 0 fully saturated rings. The van der Waals surface area contributed by atoms with Crippen molar-refractivity contribution in [3.8, 4) is 0 Å². The van der Waals surface area contributed by atoms with Gasteiger partial charge in [-0.1, -0.05) is 12.1 Å². The van der Waals surface area contributed by atoms with E-state index in [2.05, 4.69) is 26.5 Å². The quantitative estimate of drug-likeness (QED) is 0.791. The topological polar surface area (TPSA) is 72.1 Å². The van der Waals surface area contributed by atoms with Gasteiger partial charge in [-0.25, -0.2) is 0 Å². The van der Waals surface area contributed by atoms with Crippen LogP contribution in [0.3, 0.4) is 0 Å². The van der Waals surface area contributed by atoms with Gasteiger partial charge >= 0.3 is 0 Å². The molecule has 1 heterocycles. The summed E-state index contributed by atoms with van der Waals surface area (Å²) in [7, 11) is 3.14. The van der Waals surface area contributed by atoms with Crippen LogP contribution in [-0.4, -0.2) is 31.5 Å². The molecule has 0 radical (unpaired) electrons. The number of nitrogens with two attached hydrogens (primary N) is 1. The predicted molar refractivity (Wildman–Crippen MR) is 89.3 cm³/mol. The minimum atomic E-state index is -0.133. The average Bonchev–Trinajstić information content (AvgIpc) is 2.51. The number of nitrogen functional groups attached to an aromatic ring is 1. The van der Waals surface area contributed by atoms with Gasteiger partial charge in [0.2, 0.25) is 11.8 Å². The molecule has 0 aliphatic carbocycles. The highest BCUT2D eigenvalue weighted by molar-refractivity contribution is 9.10. The fourth-order valence-corrected chi connectivity index (χ4v) is 3.00. The van der Waals surface area contributed by atoms with Crippen LogP contribution in [-0.2, 0) is 9.47 Å². The van der Waals surface area contributed by atoms with Crippen LogP contribution < -0.4 is 11.2 Å². The van der Waals surface area contributed by atoms with Gasteiger partial charge in [-0.15, -0.1) is 16.9 Å². The molecule has 0 aromatic heterocycles. The van der Waals surface area contributed by atoms with Crippen molar-refractivity contribution in [2.75, 3.05) is 26.2 Å². The zero-order chi connectivity index (χ0) is 15.4. The maximum absolute atomic E-state index is 6.16. The first kappa shape index (κ1) is 15.8. The zero-order valence-electron chi connectivity index (χ0n) is 12.0. The van der Waals surface area contributed by atoms with Gasteiger partial charge in [0.1, 0.15) is 5.37 Å². The zero-order valence-corrected chi connectivity index (χ0v) is 14.4. The average molecular weight is 373 g/mol. The molecular weight excluding hydrogens is 356 g/mol. The summed E-state index contributed by atoms with van der Waals surface area (Å²) in [5, 5.41) is 5.92. The molecular formula is C13H17BrN4O2S. The van der Waals surface area contributed by atoms with Gasteiger partial charge < -0.3 is 15.2 Å². The van der Waals surface area contributed by atoms with Crippen LogP contribution in [0.5, 0.6) is 0 Å². The molecule has 1 aromatic rings. The van der Waals surface area contributed by atoms with Gasteiger partial charge in [0.25, 0.3) is 0 Å². The van der Waals surface area contributed by atoms with Crippen molar-refractivity contribution in [3.05, 3.63) is 40.2 Å². The van der Waals surface area contributed by atoms with Crippen molar-refractivity contribution in [1.29, 1.82) is 0 Å². The summed E-state index contributed by atoms with van der Waals surface area (Å²) in [5.74, 6) is 1.01. The molecule has 2 rings (SSSR count). The minimum absolute atomic E-state index is 0.133. The Bertz CT molecular complexity index is 579. The number of hydrogen-bond acceptors (Lipinski definition) is 7. The Kier molecular flexibility index (Phi) is 5.24. The molecule has 0 saturated carbocycles. The van der Waals surface area contributed by atoms with Crippen LogP contribution in [0.1, 0.15) is 10.9 Å². The molecule has 1 aliphatic rings. The summed E-state index contributed by atoms with van der Waals surface area (Å²) in [6, 6.07) is 5.82. The first-order valence-corrected chi connectivity index (χ1v) is 8.19. The van der Waals surface area contributed by atoms with E-state index in [9.17, 15) is 0 Å². The number of para-hydroxylation sites is 1. The van der Waals surface area contributed by atoms with Crippen molar-refractivity contribution in [3.63, 3.8) is 0 Å². The fraction of sp³-hybridized carbons (Fsp3) is 0.308. The molecule has 1 atom stereocenters. The highest BCUT2D eigenvalue weighted by atomic mass is 79.9. The second-order valence-electron chi connectivity index (χ2n) is 4.14. The number of ether oxygens (including phenoxy) is 2. The number of nitrogens with one attached hydrogen (secondary N) is 1. The molecule has 6 nitrogen and oxygen atoms in total. The number of hydrazone groups is 1. The van der Waals surface area contributed by atoms with Gasteiger partial charge in [0, 0.05) is 10.0 Å². The Morgan fingerprint density at radius 2 is 2.14 bits per heavy atom. The van der Waals surface area contributed by atoms with Gasteiger partial charge in [0.05, 0.1) is 26.0 Å². The van der Waals surface area contributed by atoms with Gasteiger partial charge in [-0.05, 0) is 28.3 Å². The Morgan fingerprint density at radius 3 is 2.76 bits per heavy atom. The molecule has 0 bridgehead atoms. The first-order valence-electron chi connectivity index (χ1n) is 6.11. The Morgan fingerprint density at radius 1 is 1.38 bits per heavy atom. The van der Waals surface area contributed by atoms with Crippen LogP contribution in [0, 0.1) is 0 Å². The first-order chi connectivity index (χ1) is 10.1. The Hall–Kier alpha value is -1.54. The van der Waals surface area contributed by atoms with Crippen molar-refractivity contribution >= 4 is 39.3 Å². The largest absolute Gasteiger partial charge is 0.481 e. The van der Waals surface area contributed by atoms with E-state index in [1.165, 1.54) is 0 Å². The van der Waals surface area contributed by atoms with E-state index in [1.807, 2.05) is 24.5 Å². The van der Waals surface area contributed by atoms with Crippen molar-refractivity contribution in [2.45, 2.75) is 5.37 Å². The Balaban J connectivity index is 2.36. The summed E-state index contributed by atoms with van der Waals surface area (Å²) < 4.78 is 11.3. The van der Waals surface area contributed by atoms with E-state index in [0.29, 0.717) is 17.5 Å². The van der Waals surface area contributed by atoms with Crippen molar-refractivity contribution in [1.82, 2.24) is 10.5 Å². The monoisotopic (exact) mass is 372 g/mol. The van der Waals surface area contributed by atoms with Crippen LogP contribution >= 0.6 is 27.7 Å². The molecule has 114 valence electrons. The van der Waals surface area contributed by atoms with E-state index in [0.717, 1.165) is 10.0 Å². The lowest BCUT2D eigenvalue weighted by atomic mass is 10.2. The van der Waals surface area contributed by atoms with Gasteiger partial charge in [0.15, 0.2) is 0 Å². The molecule has 8 heteroatoms. The lowest BCUT2D eigenvalue weighted by molar-refractivity contribution is 0.123. The number of hydrogen-bond donors (Lipinski definition) is 2. The maximum atomic E-state index is 6.16. The van der Waals surface area contributed by atoms with E-state index in [4.69, 9.17) is 15.2 Å². The van der Waals surface area contributed by atoms with Gasteiger partial charge in [-0.3, -0.25) is 5.43 Å².